The Bertz CT molecular complexity index is 846. The zero-order chi connectivity index (χ0) is 14.8. The third kappa shape index (κ3) is 2.85. The Morgan fingerprint density at radius 1 is 1.05 bits per heavy atom. The minimum absolute atomic E-state index is 0.215. The van der Waals surface area contributed by atoms with Crippen LogP contribution in [0.5, 0.6) is 0 Å². The maximum absolute atomic E-state index is 13.1. The Morgan fingerprint density at radius 2 is 1.81 bits per heavy atom. The first-order valence-electron chi connectivity index (χ1n) is 6.26. The number of nitrogens with zero attached hydrogens (tertiary/aromatic N) is 1. The van der Waals surface area contributed by atoms with Crippen molar-refractivity contribution in [1.82, 2.24) is 9.97 Å². The molecule has 1 aromatic heterocycles. The van der Waals surface area contributed by atoms with Gasteiger partial charge in [0.2, 0.25) is 0 Å². The highest BCUT2D eigenvalue weighted by molar-refractivity contribution is 6.33. The van der Waals surface area contributed by atoms with Crippen molar-refractivity contribution in [2.75, 3.05) is 0 Å². The Hall–Kier alpha value is -2.46. The van der Waals surface area contributed by atoms with Crippen molar-refractivity contribution in [3.05, 3.63) is 75.8 Å². The predicted octanol–water partition coefficient (Wildman–Crippen LogP) is 3.90. The monoisotopic (exact) mass is 300 g/mol. The Morgan fingerprint density at radius 3 is 2.52 bits per heavy atom. The number of rotatable bonds is 2. The molecule has 1 N–H and O–H groups in total. The molecular formula is C16H10ClFN2O. The molecule has 104 valence electrons. The van der Waals surface area contributed by atoms with Gasteiger partial charge in [-0.15, -0.1) is 0 Å². The average molecular weight is 301 g/mol. The fourth-order valence-corrected chi connectivity index (χ4v) is 2.29. The summed E-state index contributed by atoms with van der Waals surface area (Å²) in [5.41, 5.74) is 1.41. The van der Waals surface area contributed by atoms with Gasteiger partial charge in [0.05, 0.1) is 10.7 Å². The van der Waals surface area contributed by atoms with Gasteiger partial charge in [-0.3, -0.25) is 4.79 Å². The molecule has 0 fully saturated rings. The summed E-state index contributed by atoms with van der Waals surface area (Å²) in [4.78, 5) is 18.9. The van der Waals surface area contributed by atoms with Gasteiger partial charge in [-0.05, 0) is 18.2 Å². The lowest BCUT2D eigenvalue weighted by Gasteiger charge is -2.06. The maximum Gasteiger partial charge on any atom is 0.251 e. The van der Waals surface area contributed by atoms with Crippen molar-refractivity contribution in [2.45, 2.75) is 0 Å². The quantitative estimate of drug-likeness (QED) is 0.780. The second-order valence-electron chi connectivity index (χ2n) is 4.47. The normalized spacial score (nSPS) is 10.6. The van der Waals surface area contributed by atoms with Gasteiger partial charge in [-0.2, -0.15) is 0 Å². The molecule has 1 heterocycles. The van der Waals surface area contributed by atoms with Gasteiger partial charge in [-0.25, -0.2) is 9.37 Å². The van der Waals surface area contributed by atoms with Crippen LogP contribution < -0.4 is 5.56 Å². The van der Waals surface area contributed by atoms with E-state index in [1.54, 1.807) is 0 Å². The molecule has 0 aliphatic carbocycles. The highest BCUT2D eigenvalue weighted by Crippen LogP contribution is 2.27. The summed E-state index contributed by atoms with van der Waals surface area (Å²) in [6.45, 7) is 0. The summed E-state index contributed by atoms with van der Waals surface area (Å²) in [5.74, 6) is 0.00960. The SMILES string of the molecule is O=c1cc(-c2ccc(F)cc2Cl)nc(-c2ccccc2)[nH]1. The Kier molecular flexibility index (Phi) is 3.54. The lowest BCUT2D eigenvalue weighted by molar-refractivity contribution is 0.628. The van der Waals surface area contributed by atoms with Gasteiger partial charge in [-0.1, -0.05) is 41.9 Å². The van der Waals surface area contributed by atoms with E-state index in [1.165, 1.54) is 24.3 Å². The van der Waals surface area contributed by atoms with E-state index in [1.807, 2.05) is 30.3 Å². The minimum Gasteiger partial charge on any atom is -0.306 e. The molecule has 0 spiro atoms. The van der Waals surface area contributed by atoms with E-state index in [0.717, 1.165) is 5.56 Å². The fourth-order valence-electron chi connectivity index (χ4n) is 2.03. The van der Waals surface area contributed by atoms with Crippen molar-refractivity contribution >= 4 is 11.6 Å². The molecule has 2 aromatic carbocycles. The van der Waals surface area contributed by atoms with E-state index in [-0.39, 0.29) is 10.6 Å². The smallest absolute Gasteiger partial charge is 0.251 e. The largest absolute Gasteiger partial charge is 0.306 e. The third-order valence-electron chi connectivity index (χ3n) is 3.00. The number of halogens is 2. The van der Waals surface area contributed by atoms with Crippen molar-refractivity contribution < 1.29 is 4.39 Å². The van der Waals surface area contributed by atoms with E-state index in [4.69, 9.17) is 11.6 Å². The van der Waals surface area contributed by atoms with Gasteiger partial charge in [0, 0.05) is 17.2 Å². The minimum atomic E-state index is -0.433. The van der Waals surface area contributed by atoms with Crippen LogP contribution in [0, 0.1) is 5.82 Å². The summed E-state index contributed by atoms with van der Waals surface area (Å²) in [6, 6.07) is 14.6. The second-order valence-corrected chi connectivity index (χ2v) is 4.88. The Labute approximate surface area is 125 Å². The van der Waals surface area contributed by atoms with Gasteiger partial charge in [0.25, 0.3) is 5.56 Å². The second kappa shape index (κ2) is 5.50. The first-order valence-corrected chi connectivity index (χ1v) is 6.63. The first kappa shape index (κ1) is 13.5. The van der Waals surface area contributed by atoms with Crippen LogP contribution in [0.3, 0.4) is 0 Å². The number of benzene rings is 2. The van der Waals surface area contributed by atoms with Crippen LogP contribution in [-0.4, -0.2) is 9.97 Å². The number of aromatic amines is 1. The summed E-state index contributed by atoms with van der Waals surface area (Å²) in [6.07, 6.45) is 0. The molecule has 0 unspecified atom stereocenters. The van der Waals surface area contributed by atoms with Crippen LogP contribution in [0.4, 0.5) is 4.39 Å². The van der Waals surface area contributed by atoms with Gasteiger partial charge < -0.3 is 4.98 Å². The van der Waals surface area contributed by atoms with Crippen LogP contribution in [0.15, 0.2) is 59.4 Å². The van der Waals surface area contributed by atoms with Crippen LogP contribution in [0.1, 0.15) is 0 Å². The number of aromatic nitrogens is 2. The molecule has 21 heavy (non-hydrogen) atoms. The summed E-state index contributed by atoms with van der Waals surface area (Å²) >= 11 is 6.02. The van der Waals surface area contributed by atoms with Gasteiger partial charge in [0.1, 0.15) is 11.6 Å². The number of nitrogens with one attached hydrogen (secondary N) is 1. The molecule has 0 aliphatic rings. The van der Waals surface area contributed by atoms with Crippen LogP contribution in [0.25, 0.3) is 22.6 Å². The van der Waals surface area contributed by atoms with Crippen LogP contribution in [0.2, 0.25) is 5.02 Å². The van der Waals surface area contributed by atoms with Crippen LogP contribution in [-0.2, 0) is 0 Å². The highest BCUT2D eigenvalue weighted by Gasteiger charge is 2.09. The number of H-pyrrole nitrogens is 1. The molecule has 0 bridgehead atoms. The predicted molar refractivity (Wildman–Crippen MR) is 80.7 cm³/mol. The molecule has 5 heteroatoms. The first-order chi connectivity index (χ1) is 10.1. The molecule has 0 saturated carbocycles. The average Bonchev–Trinajstić information content (AvgIpc) is 2.47. The van der Waals surface area contributed by atoms with Crippen molar-refractivity contribution in [3.63, 3.8) is 0 Å². The number of hydrogen-bond donors (Lipinski definition) is 1. The topological polar surface area (TPSA) is 45.8 Å². The maximum atomic E-state index is 13.1. The van der Waals surface area contributed by atoms with Gasteiger partial charge >= 0.3 is 0 Å². The van der Waals surface area contributed by atoms with E-state index in [9.17, 15) is 9.18 Å². The highest BCUT2D eigenvalue weighted by atomic mass is 35.5. The summed E-state index contributed by atoms with van der Waals surface area (Å²) in [7, 11) is 0. The van der Waals surface area contributed by atoms with E-state index < -0.39 is 5.82 Å². The van der Waals surface area contributed by atoms with Crippen molar-refractivity contribution in [1.29, 1.82) is 0 Å². The molecule has 0 atom stereocenters. The molecule has 0 radical (unpaired) electrons. The summed E-state index contributed by atoms with van der Waals surface area (Å²) < 4.78 is 13.1. The Balaban J connectivity index is 2.16. The van der Waals surface area contributed by atoms with Crippen molar-refractivity contribution in [3.8, 4) is 22.6 Å². The molecular weight excluding hydrogens is 291 g/mol. The standard InChI is InChI=1S/C16H10ClFN2O/c17-13-8-11(18)6-7-12(13)14-9-15(21)20-16(19-14)10-4-2-1-3-5-10/h1-9H,(H,19,20,21). The summed E-state index contributed by atoms with van der Waals surface area (Å²) in [5, 5.41) is 0.215. The zero-order valence-corrected chi connectivity index (χ0v) is 11.6. The molecule has 0 amide bonds. The zero-order valence-electron chi connectivity index (χ0n) is 10.8. The van der Waals surface area contributed by atoms with Crippen molar-refractivity contribution in [2.24, 2.45) is 0 Å². The van der Waals surface area contributed by atoms with E-state index in [0.29, 0.717) is 17.1 Å². The van der Waals surface area contributed by atoms with E-state index >= 15 is 0 Å². The van der Waals surface area contributed by atoms with Crippen LogP contribution >= 0.6 is 11.6 Å². The molecule has 3 aromatic rings. The number of hydrogen-bond acceptors (Lipinski definition) is 2. The lowest BCUT2D eigenvalue weighted by Crippen LogP contribution is -2.08. The van der Waals surface area contributed by atoms with E-state index in [2.05, 4.69) is 9.97 Å². The lowest BCUT2D eigenvalue weighted by atomic mass is 10.1. The molecule has 0 aliphatic heterocycles. The fraction of sp³-hybridized carbons (Fsp3) is 0. The molecule has 3 rings (SSSR count). The molecule has 3 nitrogen and oxygen atoms in total. The van der Waals surface area contributed by atoms with Gasteiger partial charge in [0.15, 0.2) is 0 Å². The molecule has 0 saturated heterocycles. The third-order valence-corrected chi connectivity index (χ3v) is 3.31.